The van der Waals surface area contributed by atoms with Crippen molar-refractivity contribution in [3.63, 3.8) is 0 Å². The first-order valence-corrected chi connectivity index (χ1v) is 14.4. The summed E-state index contributed by atoms with van der Waals surface area (Å²) in [5.41, 5.74) is 4.65. The van der Waals surface area contributed by atoms with Crippen LogP contribution in [0.5, 0.6) is 0 Å². The van der Waals surface area contributed by atoms with Crippen LogP contribution in [0, 0.1) is 39.9 Å². The Morgan fingerprint density at radius 2 is 1.81 bits per heavy atom. The van der Waals surface area contributed by atoms with Gasteiger partial charge in [0, 0.05) is 6.42 Å². The molecule has 3 aliphatic rings. The van der Waals surface area contributed by atoms with Crippen LogP contribution in [0.15, 0.2) is 47.6 Å². The lowest BCUT2D eigenvalue weighted by Gasteiger charge is -2.56. The highest BCUT2D eigenvalue weighted by Gasteiger charge is 2.62. The van der Waals surface area contributed by atoms with Crippen LogP contribution in [-0.4, -0.2) is 23.7 Å². The molecule has 0 aromatic rings. The molecule has 0 aromatic carbocycles. The van der Waals surface area contributed by atoms with Crippen molar-refractivity contribution in [3.8, 4) is 0 Å². The number of allylic oxidation sites excluding steroid dienone is 6. The van der Waals surface area contributed by atoms with Crippen molar-refractivity contribution >= 4 is 11.9 Å². The van der Waals surface area contributed by atoms with Crippen LogP contribution in [0.4, 0.5) is 0 Å². The predicted octanol–water partition coefficient (Wildman–Crippen LogP) is 8.30. The van der Waals surface area contributed by atoms with E-state index in [4.69, 9.17) is 4.74 Å². The number of esters is 1. The van der Waals surface area contributed by atoms with Gasteiger partial charge in [0.15, 0.2) is 0 Å². The Kier molecular flexibility index (Phi) is 8.71. The maximum Gasteiger partial charge on any atom is 0.306 e. The average molecular weight is 511 g/mol. The van der Waals surface area contributed by atoms with Crippen LogP contribution < -0.4 is 0 Å². The number of carbonyl (C=O) groups excluding carboxylic acids is 1. The maximum absolute atomic E-state index is 12.6. The van der Waals surface area contributed by atoms with Crippen LogP contribution in [0.2, 0.25) is 0 Å². The molecule has 1 N–H and O–H groups in total. The lowest BCUT2D eigenvalue weighted by Crippen LogP contribution is -2.48. The van der Waals surface area contributed by atoms with Crippen LogP contribution >= 0.6 is 0 Å². The van der Waals surface area contributed by atoms with Crippen LogP contribution in [0.25, 0.3) is 0 Å². The van der Waals surface area contributed by atoms with Crippen molar-refractivity contribution in [1.29, 1.82) is 0 Å². The van der Waals surface area contributed by atoms with Gasteiger partial charge in [-0.1, -0.05) is 71.1 Å². The summed E-state index contributed by atoms with van der Waals surface area (Å²) in [7, 11) is 0. The van der Waals surface area contributed by atoms with Gasteiger partial charge in [0.25, 0.3) is 0 Å². The van der Waals surface area contributed by atoms with E-state index in [9.17, 15) is 14.7 Å². The third-order valence-corrected chi connectivity index (χ3v) is 10.7. The molecule has 4 heteroatoms. The van der Waals surface area contributed by atoms with Gasteiger partial charge in [-0.2, -0.15) is 0 Å². The molecule has 1 fully saturated rings. The number of carboxylic acid groups (broad SMARTS) is 1. The van der Waals surface area contributed by atoms with E-state index in [1.54, 1.807) is 0 Å². The molecule has 4 nitrogen and oxygen atoms in total. The minimum absolute atomic E-state index is 0.0876. The molecule has 0 aliphatic heterocycles. The summed E-state index contributed by atoms with van der Waals surface area (Å²) in [5.74, 6) is -0.393. The Hall–Kier alpha value is -2.10. The van der Waals surface area contributed by atoms with Crippen molar-refractivity contribution in [2.24, 2.45) is 39.9 Å². The summed E-state index contributed by atoms with van der Waals surface area (Å²) >= 11 is 0. The quantitative estimate of drug-likeness (QED) is 0.224. The summed E-state index contributed by atoms with van der Waals surface area (Å²) in [6, 6.07) is 0. The summed E-state index contributed by atoms with van der Waals surface area (Å²) in [6.07, 6.45) is 11.1. The van der Waals surface area contributed by atoms with E-state index in [1.807, 2.05) is 6.92 Å². The maximum atomic E-state index is 12.6. The summed E-state index contributed by atoms with van der Waals surface area (Å²) < 4.78 is 5.27. The minimum atomic E-state index is -0.666. The van der Waals surface area contributed by atoms with Gasteiger partial charge in [-0.25, -0.2) is 0 Å². The SMILES string of the molecule is C=C(CC[C@@H](C(=O)O)[C@H]1CC[C@@]2(C)C3=CC[C@@H](C(=C)C)[C@](C)(CCC(=O)OCC)C3=CC[C@]12C)C(C)C. The molecule has 0 radical (unpaired) electrons. The molecule has 1 saturated carbocycles. The Morgan fingerprint density at radius 3 is 2.38 bits per heavy atom. The Bertz CT molecular complexity index is 1000. The van der Waals surface area contributed by atoms with Crippen LogP contribution in [-0.2, 0) is 14.3 Å². The van der Waals surface area contributed by atoms with Gasteiger partial charge in [0.2, 0.25) is 0 Å². The molecule has 37 heavy (non-hydrogen) atoms. The van der Waals surface area contributed by atoms with E-state index in [0.717, 1.165) is 49.7 Å². The van der Waals surface area contributed by atoms with Crippen LogP contribution in [0.1, 0.15) is 99.8 Å². The lowest BCUT2D eigenvalue weighted by atomic mass is 9.48. The van der Waals surface area contributed by atoms with E-state index in [-0.39, 0.29) is 40.0 Å². The van der Waals surface area contributed by atoms with Gasteiger partial charge < -0.3 is 9.84 Å². The van der Waals surface area contributed by atoms with Gasteiger partial charge in [0.05, 0.1) is 12.5 Å². The fourth-order valence-corrected chi connectivity index (χ4v) is 7.98. The molecular formula is C33H50O4. The molecule has 0 heterocycles. The number of hydrogen-bond donors (Lipinski definition) is 1. The molecule has 0 amide bonds. The Labute approximate surface area is 225 Å². The van der Waals surface area contributed by atoms with Crippen molar-refractivity contribution in [2.75, 3.05) is 6.61 Å². The largest absolute Gasteiger partial charge is 0.481 e. The third-order valence-electron chi connectivity index (χ3n) is 10.7. The molecule has 0 bridgehead atoms. The van der Waals surface area contributed by atoms with Crippen molar-refractivity contribution in [2.45, 2.75) is 99.8 Å². The number of rotatable bonds is 11. The molecular weight excluding hydrogens is 460 g/mol. The first-order valence-electron chi connectivity index (χ1n) is 14.4. The smallest absolute Gasteiger partial charge is 0.306 e. The second-order valence-corrected chi connectivity index (χ2v) is 13.0. The first-order chi connectivity index (χ1) is 17.2. The summed E-state index contributed by atoms with van der Waals surface area (Å²) in [5, 5.41) is 10.3. The van der Waals surface area contributed by atoms with Crippen LogP contribution in [0.3, 0.4) is 0 Å². The second-order valence-electron chi connectivity index (χ2n) is 13.0. The third kappa shape index (κ3) is 5.14. The van der Waals surface area contributed by atoms with Gasteiger partial charge in [-0.05, 0) is 104 Å². The van der Waals surface area contributed by atoms with E-state index in [2.05, 4.69) is 66.9 Å². The molecule has 3 rings (SSSR count). The summed E-state index contributed by atoms with van der Waals surface area (Å²) in [4.78, 5) is 24.9. The molecule has 0 aromatic heterocycles. The lowest BCUT2D eigenvalue weighted by molar-refractivity contribution is -0.146. The van der Waals surface area contributed by atoms with Gasteiger partial charge in [-0.15, -0.1) is 0 Å². The Morgan fingerprint density at radius 1 is 1.14 bits per heavy atom. The van der Waals surface area contributed by atoms with Gasteiger partial charge >= 0.3 is 11.9 Å². The number of aliphatic carboxylic acids is 1. The van der Waals surface area contributed by atoms with Gasteiger partial charge in [-0.3, -0.25) is 9.59 Å². The summed E-state index contributed by atoms with van der Waals surface area (Å²) in [6.45, 7) is 24.2. The highest BCUT2D eigenvalue weighted by Crippen LogP contribution is 2.70. The average Bonchev–Trinajstić information content (AvgIpc) is 3.09. The van der Waals surface area contributed by atoms with Crippen molar-refractivity contribution < 1.29 is 19.4 Å². The fourth-order valence-electron chi connectivity index (χ4n) is 7.98. The monoisotopic (exact) mass is 510 g/mol. The Balaban J connectivity index is 1.97. The minimum Gasteiger partial charge on any atom is -0.481 e. The van der Waals surface area contributed by atoms with E-state index in [1.165, 1.54) is 11.1 Å². The predicted molar refractivity (Wildman–Crippen MR) is 151 cm³/mol. The normalized spacial score (nSPS) is 33.6. The number of fused-ring (bicyclic) bond motifs is 3. The molecule has 206 valence electrons. The topological polar surface area (TPSA) is 63.6 Å². The highest BCUT2D eigenvalue weighted by atomic mass is 16.5. The first kappa shape index (κ1) is 29.5. The fraction of sp³-hybridized carbons (Fsp3) is 0.697. The zero-order chi connectivity index (χ0) is 27.8. The van der Waals surface area contributed by atoms with E-state index < -0.39 is 5.97 Å². The zero-order valence-corrected chi connectivity index (χ0v) is 24.4. The van der Waals surface area contributed by atoms with E-state index in [0.29, 0.717) is 25.4 Å². The van der Waals surface area contributed by atoms with Crippen molar-refractivity contribution in [3.05, 3.63) is 47.6 Å². The highest BCUT2D eigenvalue weighted by molar-refractivity contribution is 5.71. The van der Waals surface area contributed by atoms with E-state index >= 15 is 0 Å². The molecule has 3 aliphatic carbocycles. The number of ether oxygens (including phenoxy) is 1. The number of carbonyl (C=O) groups is 2. The van der Waals surface area contributed by atoms with Crippen molar-refractivity contribution in [1.82, 2.24) is 0 Å². The molecule has 0 spiro atoms. The zero-order valence-electron chi connectivity index (χ0n) is 24.4. The molecule has 0 saturated heterocycles. The standard InChI is InChI=1S/C33H50O4/c1-10-37-29(34)17-18-31(7)25(22(4)5)13-14-28-27(31)16-20-32(8)26(15-19-33(28,32)9)24(30(35)36)12-11-23(6)21(2)3/h14,16,21,24-26H,4,6,10-13,15,17-20H2,1-3,5,7-9H3,(H,35,36)/t24-,25+,26-,31+,32-,33+/m1/s1. The second kappa shape index (κ2) is 10.9. The number of carboxylic acids is 1. The number of hydrogen-bond acceptors (Lipinski definition) is 3. The molecule has 0 unspecified atom stereocenters. The van der Waals surface area contributed by atoms with Gasteiger partial charge in [0.1, 0.15) is 0 Å². The molecule has 6 atom stereocenters.